The van der Waals surface area contributed by atoms with Gasteiger partial charge in [0.05, 0.1) is 6.54 Å². The van der Waals surface area contributed by atoms with Gasteiger partial charge in [-0.2, -0.15) is 0 Å². The second-order valence-corrected chi connectivity index (χ2v) is 8.21. The second-order valence-electron chi connectivity index (χ2n) is 4.80. The highest BCUT2D eigenvalue weighted by atomic mass is 32.2. The number of sulfonamides is 1. The Hall–Kier alpha value is -1.67. The van der Waals surface area contributed by atoms with E-state index in [0.717, 1.165) is 10.4 Å². The average Bonchev–Trinajstić information content (AvgIpc) is 2.79. The Morgan fingerprint density at radius 1 is 1.50 bits per heavy atom. The van der Waals surface area contributed by atoms with Crippen molar-refractivity contribution in [2.75, 3.05) is 0 Å². The van der Waals surface area contributed by atoms with Crippen molar-refractivity contribution in [1.82, 2.24) is 4.31 Å². The minimum absolute atomic E-state index is 0.0540. The molecule has 20 heavy (non-hydrogen) atoms. The molecule has 1 aromatic heterocycles. The van der Waals surface area contributed by atoms with Crippen LogP contribution in [0.1, 0.15) is 24.3 Å². The number of hydrogen-bond acceptors (Lipinski definition) is 5. The number of rotatable bonds is 4. The molecule has 6 nitrogen and oxygen atoms in total. The lowest BCUT2D eigenvalue weighted by Gasteiger charge is -2.42. The molecule has 0 bridgehead atoms. The van der Waals surface area contributed by atoms with Crippen LogP contribution in [-0.4, -0.2) is 34.5 Å². The van der Waals surface area contributed by atoms with E-state index in [-0.39, 0.29) is 6.54 Å². The number of carbonyl (C=O) groups is 2. The minimum atomic E-state index is -3.62. The normalized spacial score (nSPS) is 20.1. The van der Waals surface area contributed by atoms with Crippen LogP contribution >= 0.6 is 11.3 Å². The Morgan fingerprint density at radius 2 is 2.15 bits per heavy atom. The van der Waals surface area contributed by atoms with Crippen LogP contribution in [0.5, 0.6) is 0 Å². The number of carbonyl (C=O) groups excluding carboxylic acids is 1. The summed E-state index contributed by atoms with van der Waals surface area (Å²) in [6.07, 6.45) is 2.36. The number of nitrogens with zero attached hydrogens (tertiary/aromatic N) is 1. The first-order valence-electron chi connectivity index (χ1n) is 5.72. The molecular formula is C12H13NO5S2. The third-order valence-corrected chi connectivity index (χ3v) is 6.41. The second kappa shape index (κ2) is 4.71. The molecule has 0 radical (unpaired) electrons. The van der Waals surface area contributed by atoms with Crippen LogP contribution in [-0.2, 0) is 26.2 Å². The van der Waals surface area contributed by atoms with Gasteiger partial charge in [0.15, 0.2) is 4.75 Å². The van der Waals surface area contributed by atoms with E-state index in [0.29, 0.717) is 10.4 Å². The lowest BCUT2D eigenvalue weighted by atomic mass is 10.1. The van der Waals surface area contributed by atoms with Crippen molar-refractivity contribution in [3.8, 4) is 0 Å². The molecule has 0 aliphatic carbocycles. The standard InChI is InChI=1S/C12H13NO5S2/c1-12(2)11(16)13(20(12,17)18)7-9-8(5-6-19-9)3-4-10(14)15/h3-6H,7H2,1-2H3,(H,14,15). The van der Waals surface area contributed by atoms with Crippen LogP contribution < -0.4 is 0 Å². The van der Waals surface area contributed by atoms with E-state index in [2.05, 4.69) is 0 Å². The van der Waals surface area contributed by atoms with Crippen molar-refractivity contribution in [3.05, 3.63) is 28.0 Å². The number of carboxylic acids is 1. The SMILES string of the molecule is CC1(C)C(=O)N(Cc2sccc2C=CC(=O)O)S1(=O)=O. The molecule has 8 heteroatoms. The van der Waals surface area contributed by atoms with Crippen LogP contribution in [0.2, 0.25) is 0 Å². The largest absolute Gasteiger partial charge is 0.478 e. The van der Waals surface area contributed by atoms with E-state index < -0.39 is 26.6 Å². The zero-order valence-corrected chi connectivity index (χ0v) is 12.5. The molecule has 108 valence electrons. The van der Waals surface area contributed by atoms with Crippen LogP contribution in [0.4, 0.5) is 0 Å². The smallest absolute Gasteiger partial charge is 0.328 e. The molecular weight excluding hydrogens is 302 g/mol. The molecule has 2 heterocycles. The summed E-state index contributed by atoms with van der Waals surface area (Å²) in [5.41, 5.74) is 0.602. The Labute approximate surface area is 120 Å². The summed E-state index contributed by atoms with van der Waals surface area (Å²) < 4.78 is 23.4. The molecule has 1 aromatic rings. The zero-order chi connectivity index (χ0) is 15.1. The third-order valence-electron chi connectivity index (χ3n) is 3.15. The van der Waals surface area contributed by atoms with Crippen molar-refractivity contribution < 1.29 is 23.1 Å². The predicted molar refractivity (Wildman–Crippen MR) is 74.5 cm³/mol. The maximum Gasteiger partial charge on any atom is 0.328 e. The Balaban J connectivity index is 2.23. The van der Waals surface area contributed by atoms with E-state index >= 15 is 0 Å². The highest BCUT2D eigenvalue weighted by Gasteiger charge is 2.60. The van der Waals surface area contributed by atoms with Gasteiger partial charge in [0.2, 0.25) is 0 Å². The van der Waals surface area contributed by atoms with Crippen LogP contribution in [0.15, 0.2) is 17.5 Å². The highest BCUT2D eigenvalue weighted by molar-refractivity contribution is 7.94. The van der Waals surface area contributed by atoms with E-state index in [1.54, 1.807) is 11.4 Å². The molecule has 1 saturated heterocycles. The van der Waals surface area contributed by atoms with Crippen molar-refractivity contribution in [2.45, 2.75) is 25.1 Å². The molecule has 2 rings (SSSR count). The van der Waals surface area contributed by atoms with Gasteiger partial charge in [0.25, 0.3) is 15.9 Å². The van der Waals surface area contributed by atoms with Gasteiger partial charge in [0, 0.05) is 11.0 Å². The first kappa shape index (κ1) is 14.7. The van der Waals surface area contributed by atoms with E-state index in [4.69, 9.17) is 5.11 Å². The molecule has 0 spiro atoms. The molecule has 0 saturated carbocycles. The van der Waals surface area contributed by atoms with Gasteiger partial charge in [-0.3, -0.25) is 4.79 Å². The topological polar surface area (TPSA) is 91.8 Å². The quantitative estimate of drug-likeness (QED) is 0.845. The molecule has 1 fully saturated rings. The maximum absolute atomic E-state index is 12.0. The minimum Gasteiger partial charge on any atom is -0.478 e. The fraction of sp³-hybridized carbons (Fsp3) is 0.333. The zero-order valence-electron chi connectivity index (χ0n) is 10.9. The Morgan fingerprint density at radius 3 is 2.70 bits per heavy atom. The molecule has 0 aromatic carbocycles. The predicted octanol–water partition coefficient (Wildman–Crippen LogP) is 1.30. The summed E-state index contributed by atoms with van der Waals surface area (Å²) in [5, 5.41) is 10.3. The number of carboxylic acid groups (broad SMARTS) is 1. The van der Waals surface area contributed by atoms with E-state index in [1.807, 2.05) is 0 Å². The molecule has 1 N–H and O–H groups in total. The van der Waals surface area contributed by atoms with Crippen molar-refractivity contribution in [2.24, 2.45) is 0 Å². The lowest BCUT2D eigenvalue weighted by Crippen LogP contribution is -2.66. The van der Waals surface area contributed by atoms with Gasteiger partial charge in [-0.25, -0.2) is 17.5 Å². The monoisotopic (exact) mass is 315 g/mol. The van der Waals surface area contributed by atoms with Gasteiger partial charge in [-0.1, -0.05) is 0 Å². The van der Waals surface area contributed by atoms with Crippen LogP contribution in [0, 0.1) is 0 Å². The number of hydrogen-bond donors (Lipinski definition) is 1. The van der Waals surface area contributed by atoms with Gasteiger partial charge >= 0.3 is 5.97 Å². The van der Waals surface area contributed by atoms with Crippen LogP contribution in [0.25, 0.3) is 6.08 Å². The Kier molecular flexibility index (Phi) is 3.47. The van der Waals surface area contributed by atoms with Crippen LogP contribution in [0.3, 0.4) is 0 Å². The van der Waals surface area contributed by atoms with Gasteiger partial charge < -0.3 is 5.11 Å². The first-order valence-corrected chi connectivity index (χ1v) is 8.04. The summed E-state index contributed by atoms with van der Waals surface area (Å²) >= 11 is 1.28. The molecule has 1 amide bonds. The number of thiophene rings is 1. The lowest BCUT2D eigenvalue weighted by molar-refractivity contribution is -0.133. The van der Waals surface area contributed by atoms with Gasteiger partial charge in [-0.15, -0.1) is 11.3 Å². The molecule has 1 aliphatic rings. The maximum atomic E-state index is 12.0. The third kappa shape index (κ3) is 2.14. The first-order chi connectivity index (χ1) is 9.18. The summed E-state index contributed by atoms with van der Waals surface area (Å²) in [6, 6.07) is 1.68. The van der Waals surface area contributed by atoms with Crippen molar-refractivity contribution in [1.29, 1.82) is 0 Å². The average molecular weight is 315 g/mol. The van der Waals surface area contributed by atoms with Gasteiger partial charge in [-0.05, 0) is 36.9 Å². The summed E-state index contributed by atoms with van der Waals surface area (Å²) in [4.78, 5) is 23.0. The number of amides is 1. The highest BCUT2D eigenvalue weighted by Crippen LogP contribution is 2.37. The summed E-state index contributed by atoms with van der Waals surface area (Å²) in [7, 11) is -3.62. The fourth-order valence-corrected chi connectivity index (χ4v) is 4.26. The fourth-order valence-electron chi connectivity index (χ4n) is 1.83. The van der Waals surface area contributed by atoms with Crippen molar-refractivity contribution in [3.63, 3.8) is 0 Å². The Bertz CT molecular complexity index is 699. The van der Waals surface area contributed by atoms with Gasteiger partial charge in [0.1, 0.15) is 0 Å². The molecule has 1 aliphatic heterocycles. The molecule has 0 atom stereocenters. The van der Waals surface area contributed by atoms with Crippen molar-refractivity contribution >= 4 is 39.3 Å². The summed E-state index contributed by atoms with van der Waals surface area (Å²) in [6.45, 7) is 2.70. The molecule has 0 unspecified atom stereocenters. The van der Waals surface area contributed by atoms with E-state index in [1.165, 1.54) is 31.3 Å². The summed E-state index contributed by atoms with van der Waals surface area (Å²) in [5.74, 6) is -1.53. The van der Waals surface area contributed by atoms with E-state index in [9.17, 15) is 18.0 Å². The number of aliphatic carboxylic acids is 1.